The van der Waals surface area contributed by atoms with Gasteiger partial charge in [0.25, 0.3) is 11.8 Å². The summed E-state index contributed by atoms with van der Waals surface area (Å²) in [4.78, 5) is 73.0. The largest absolute Gasteiger partial charge is 0.447 e. The first-order chi connectivity index (χ1) is 21.3. The first-order valence-electron chi connectivity index (χ1n) is 14.1. The van der Waals surface area contributed by atoms with Crippen LogP contribution in [-0.2, 0) is 51.0 Å². The monoisotopic (exact) mass is 608 g/mol. The van der Waals surface area contributed by atoms with Crippen molar-refractivity contribution in [1.29, 1.82) is 0 Å². The van der Waals surface area contributed by atoms with E-state index in [1.54, 1.807) is 0 Å². The van der Waals surface area contributed by atoms with E-state index in [9.17, 15) is 28.8 Å². The molecule has 0 aromatic heterocycles. The molecule has 4 saturated heterocycles. The lowest BCUT2D eigenvalue weighted by molar-refractivity contribution is -0.150. The van der Waals surface area contributed by atoms with E-state index in [1.165, 1.54) is 0 Å². The van der Waals surface area contributed by atoms with E-state index in [1.807, 2.05) is 60.7 Å². The molecule has 14 nitrogen and oxygen atoms in total. The molecule has 232 valence electrons. The highest BCUT2D eigenvalue weighted by atomic mass is 16.6. The van der Waals surface area contributed by atoms with Gasteiger partial charge in [0.15, 0.2) is 12.2 Å². The van der Waals surface area contributed by atoms with Crippen LogP contribution in [0.2, 0.25) is 0 Å². The van der Waals surface area contributed by atoms with Crippen LogP contribution >= 0.6 is 0 Å². The highest BCUT2D eigenvalue weighted by Crippen LogP contribution is 2.21. The standard InChI is InChI=1S/2C15H16N2O5/c2*18-13-9-21-12(7-16-13)14(19)17-11(8-22-15(17)20)6-10-4-2-1-3-5-10/h2*1-5,11-12H,6-9H2,(H,16,18)/t11?,12-;11-,12+/m11/s1. The lowest BCUT2D eigenvalue weighted by Gasteiger charge is -2.27. The lowest BCUT2D eigenvalue weighted by atomic mass is 10.1. The molecule has 2 aromatic rings. The van der Waals surface area contributed by atoms with Crippen LogP contribution in [0.5, 0.6) is 0 Å². The van der Waals surface area contributed by atoms with E-state index < -0.39 is 36.2 Å². The lowest BCUT2D eigenvalue weighted by Crippen LogP contribution is -2.53. The topological polar surface area (TPSA) is 170 Å². The van der Waals surface area contributed by atoms with E-state index in [4.69, 9.17) is 18.9 Å². The number of imide groups is 2. The van der Waals surface area contributed by atoms with Crippen molar-refractivity contribution >= 4 is 35.8 Å². The minimum Gasteiger partial charge on any atom is -0.447 e. The second-order valence-electron chi connectivity index (χ2n) is 10.5. The van der Waals surface area contributed by atoms with Gasteiger partial charge >= 0.3 is 12.2 Å². The van der Waals surface area contributed by atoms with Crippen LogP contribution in [0.25, 0.3) is 0 Å². The molecule has 44 heavy (non-hydrogen) atoms. The number of nitrogens with zero attached hydrogens (tertiary/aromatic N) is 2. The third kappa shape index (κ3) is 7.38. The molecule has 2 aromatic carbocycles. The van der Waals surface area contributed by atoms with E-state index in [0.717, 1.165) is 20.9 Å². The number of hydrogen-bond donors (Lipinski definition) is 2. The summed E-state index contributed by atoms with van der Waals surface area (Å²) in [6.07, 6.45) is -1.96. The van der Waals surface area contributed by atoms with Crippen molar-refractivity contribution in [1.82, 2.24) is 20.4 Å². The Kier molecular flexibility index (Phi) is 9.82. The number of morpholine rings is 2. The molecule has 14 heteroatoms. The van der Waals surface area contributed by atoms with Gasteiger partial charge in [-0.2, -0.15) is 0 Å². The molecule has 0 radical (unpaired) electrons. The van der Waals surface area contributed by atoms with Crippen molar-refractivity contribution < 1.29 is 47.7 Å². The highest BCUT2D eigenvalue weighted by molar-refractivity contribution is 5.97. The number of amides is 6. The Bertz CT molecular complexity index is 1260. The van der Waals surface area contributed by atoms with Gasteiger partial charge in [0, 0.05) is 0 Å². The molecule has 0 bridgehead atoms. The first-order valence-corrected chi connectivity index (χ1v) is 14.1. The van der Waals surface area contributed by atoms with Gasteiger partial charge in [-0.15, -0.1) is 0 Å². The maximum absolute atomic E-state index is 12.5. The van der Waals surface area contributed by atoms with Gasteiger partial charge in [-0.05, 0) is 24.0 Å². The van der Waals surface area contributed by atoms with Crippen molar-refractivity contribution in [2.45, 2.75) is 37.1 Å². The van der Waals surface area contributed by atoms with Gasteiger partial charge in [-0.3, -0.25) is 19.2 Å². The fraction of sp³-hybridized carbons (Fsp3) is 0.400. The molecule has 6 amide bonds. The van der Waals surface area contributed by atoms with Gasteiger partial charge in [0.2, 0.25) is 11.8 Å². The Balaban J connectivity index is 0.000000175. The second kappa shape index (κ2) is 14.1. The van der Waals surface area contributed by atoms with Crippen molar-refractivity contribution in [3.05, 3.63) is 71.8 Å². The fourth-order valence-corrected chi connectivity index (χ4v) is 5.15. The molecule has 0 saturated carbocycles. The summed E-state index contributed by atoms with van der Waals surface area (Å²) < 4.78 is 20.4. The molecule has 4 aliphatic heterocycles. The molecule has 2 N–H and O–H groups in total. The Morgan fingerprint density at radius 1 is 0.636 bits per heavy atom. The third-order valence-electron chi connectivity index (χ3n) is 7.38. The number of nitrogens with one attached hydrogen (secondary N) is 2. The summed E-state index contributed by atoms with van der Waals surface area (Å²) in [6.45, 7) is 0.112. The Morgan fingerprint density at radius 2 is 1.02 bits per heavy atom. The maximum Gasteiger partial charge on any atom is 0.417 e. The molecule has 4 atom stereocenters. The summed E-state index contributed by atoms with van der Waals surface area (Å²) in [5, 5.41) is 5.10. The minimum absolute atomic E-state index is 0.0690. The summed E-state index contributed by atoms with van der Waals surface area (Å²) in [7, 11) is 0. The average molecular weight is 609 g/mol. The minimum atomic E-state index is -0.846. The normalized spacial score (nSPS) is 24.8. The summed E-state index contributed by atoms with van der Waals surface area (Å²) in [6, 6.07) is 18.4. The molecule has 0 spiro atoms. The quantitative estimate of drug-likeness (QED) is 0.461. The first kappa shape index (κ1) is 30.6. The fourth-order valence-electron chi connectivity index (χ4n) is 5.15. The van der Waals surface area contributed by atoms with Crippen LogP contribution in [0.4, 0.5) is 9.59 Å². The Hall–Kier alpha value is -4.82. The van der Waals surface area contributed by atoms with Crippen LogP contribution in [0.15, 0.2) is 60.7 Å². The van der Waals surface area contributed by atoms with Crippen molar-refractivity contribution in [3.63, 3.8) is 0 Å². The molecule has 6 rings (SSSR count). The number of carbonyl (C=O) groups is 6. The van der Waals surface area contributed by atoms with E-state index in [0.29, 0.717) is 12.8 Å². The predicted octanol–water partition coefficient (Wildman–Crippen LogP) is 0.183. The van der Waals surface area contributed by atoms with Crippen LogP contribution in [0.3, 0.4) is 0 Å². The zero-order chi connectivity index (χ0) is 31.1. The molecule has 4 aliphatic rings. The zero-order valence-electron chi connectivity index (χ0n) is 23.7. The number of cyclic esters (lactones) is 2. The predicted molar refractivity (Wildman–Crippen MR) is 150 cm³/mol. The molecule has 4 fully saturated rings. The van der Waals surface area contributed by atoms with Gasteiger partial charge in [0.05, 0.1) is 25.2 Å². The SMILES string of the molecule is O=C1CO[C@@H](C(=O)N2C(=O)OCC2Cc2ccccc2)CN1.O=C1CO[C@H](C(=O)N2C(=O)OC[C@H]2Cc2ccccc2)CN1. The summed E-state index contributed by atoms with van der Waals surface area (Å²) in [5.41, 5.74) is 2.03. The van der Waals surface area contributed by atoms with E-state index in [2.05, 4.69) is 10.6 Å². The van der Waals surface area contributed by atoms with E-state index in [-0.39, 0.29) is 63.4 Å². The van der Waals surface area contributed by atoms with Gasteiger partial charge in [-0.25, -0.2) is 19.4 Å². The second-order valence-corrected chi connectivity index (χ2v) is 10.5. The number of rotatable bonds is 6. The third-order valence-corrected chi connectivity index (χ3v) is 7.38. The van der Waals surface area contributed by atoms with Crippen LogP contribution in [-0.4, -0.2) is 109 Å². The summed E-state index contributed by atoms with van der Waals surface area (Å²) in [5.74, 6) is -1.48. The number of carbonyl (C=O) groups excluding carboxylic acids is 6. The van der Waals surface area contributed by atoms with Crippen molar-refractivity contribution in [2.75, 3.05) is 39.5 Å². The van der Waals surface area contributed by atoms with E-state index >= 15 is 0 Å². The molecule has 0 aliphatic carbocycles. The van der Waals surface area contributed by atoms with Crippen LogP contribution < -0.4 is 10.6 Å². The molecule has 4 heterocycles. The van der Waals surface area contributed by atoms with Crippen molar-refractivity contribution in [2.24, 2.45) is 0 Å². The number of ether oxygens (including phenoxy) is 4. The van der Waals surface area contributed by atoms with Gasteiger partial charge < -0.3 is 29.6 Å². The van der Waals surface area contributed by atoms with Crippen molar-refractivity contribution in [3.8, 4) is 0 Å². The highest BCUT2D eigenvalue weighted by Gasteiger charge is 2.43. The van der Waals surface area contributed by atoms with Crippen LogP contribution in [0, 0.1) is 0 Å². The Labute approximate surface area is 252 Å². The number of hydrogen-bond acceptors (Lipinski definition) is 10. The average Bonchev–Trinajstić information content (AvgIpc) is 3.59. The zero-order valence-corrected chi connectivity index (χ0v) is 23.7. The van der Waals surface area contributed by atoms with Gasteiger partial charge in [-0.1, -0.05) is 60.7 Å². The molecular formula is C30H32N4O10. The summed E-state index contributed by atoms with van der Waals surface area (Å²) >= 11 is 0. The van der Waals surface area contributed by atoms with Gasteiger partial charge in [0.1, 0.15) is 26.4 Å². The maximum atomic E-state index is 12.5. The molecular weight excluding hydrogens is 576 g/mol. The number of benzene rings is 2. The molecule has 1 unspecified atom stereocenters. The Morgan fingerprint density at radius 3 is 1.36 bits per heavy atom. The smallest absolute Gasteiger partial charge is 0.417 e. The van der Waals surface area contributed by atoms with Crippen LogP contribution in [0.1, 0.15) is 11.1 Å².